The Bertz CT molecular complexity index is 653. The van der Waals surface area contributed by atoms with Crippen LogP contribution in [0.25, 0.3) is 0 Å². The van der Waals surface area contributed by atoms with Crippen LogP contribution < -0.4 is 5.32 Å². The number of aryl methyl sites for hydroxylation is 1. The van der Waals surface area contributed by atoms with Crippen LogP contribution in [0, 0.1) is 11.8 Å². The molecule has 116 valence electrons. The topological polar surface area (TPSA) is 67.2 Å². The fourth-order valence-electron chi connectivity index (χ4n) is 3.10. The van der Waals surface area contributed by atoms with Crippen LogP contribution in [0.15, 0.2) is 6.07 Å². The van der Waals surface area contributed by atoms with E-state index >= 15 is 0 Å². The fourth-order valence-corrected chi connectivity index (χ4v) is 3.10. The Morgan fingerprint density at radius 3 is 3.09 bits per heavy atom. The maximum atomic E-state index is 12.0. The van der Waals surface area contributed by atoms with E-state index in [1.807, 2.05) is 6.07 Å². The monoisotopic (exact) mass is 300 g/mol. The van der Waals surface area contributed by atoms with Crippen molar-refractivity contribution >= 4 is 11.8 Å². The van der Waals surface area contributed by atoms with Crippen LogP contribution in [0.2, 0.25) is 0 Å². The molecule has 6 nitrogen and oxygen atoms in total. The summed E-state index contributed by atoms with van der Waals surface area (Å²) in [5.74, 6) is 5.26. The van der Waals surface area contributed by atoms with E-state index in [1.165, 1.54) is 0 Å². The predicted molar refractivity (Wildman–Crippen MR) is 81.2 cm³/mol. The first kappa shape index (κ1) is 14.6. The second kappa shape index (κ2) is 6.22. The van der Waals surface area contributed by atoms with E-state index in [-0.39, 0.29) is 17.7 Å². The molecular formula is C16H20N4O2. The van der Waals surface area contributed by atoms with Crippen molar-refractivity contribution in [2.24, 2.45) is 0 Å². The van der Waals surface area contributed by atoms with Crippen LogP contribution in [-0.2, 0) is 11.3 Å². The van der Waals surface area contributed by atoms with Crippen LogP contribution in [-0.4, -0.2) is 46.1 Å². The van der Waals surface area contributed by atoms with Crippen LogP contribution in [0.3, 0.4) is 0 Å². The molecule has 1 aromatic heterocycles. The first-order valence-electron chi connectivity index (χ1n) is 7.76. The average molecular weight is 300 g/mol. The highest BCUT2D eigenvalue weighted by Crippen LogP contribution is 2.27. The number of piperidine rings is 1. The van der Waals surface area contributed by atoms with Gasteiger partial charge >= 0.3 is 0 Å². The van der Waals surface area contributed by atoms with Gasteiger partial charge in [0.1, 0.15) is 5.69 Å². The zero-order chi connectivity index (χ0) is 15.5. The molecule has 1 N–H and O–H groups in total. The van der Waals surface area contributed by atoms with Crippen molar-refractivity contribution in [1.29, 1.82) is 0 Å². The molecule has 2 aliphatic heterocycles. The molecule has 22 heavy (non-hydrogen) atoms. The molecule has 3 heterocycles. The van der Waals surface area contributed by atoms with Gasteiger partial charge in [-0.3, -0.25) is 14.3 Å². The maximum absolute atomic E-state index is 12.0. The summed E-state index contributed by atoms with van der Waals surface area (Å²) in [4.78, 5) is 25.7. The van der Waals surface area contributed by atoms with E-state index in [2.05, 4.69) is 22.3 Å². The molecule has 2 amide bonds. The normalized spacial score (nSPS) is 21.2. The van der Waals surface area contributed by atoms with Gasteiger partial charge in [-0.1, -0.05) is 5.92 Å². The number of amides is 2. The summed E-state index contributed by atoms with van der Waals surface area (Å²) in [6.45, 7) is 4.50. The van der Waals surface area contributed by atoms with Gasteiger partial charge in [-0.05, 0) is 38.2 Å². The van der Waals surface area contributed by atoms with Gasteiger partial charge in [-0.2, -0.15) is 5.10 Å². The minimum Gasteiger partial charge on any atom is -0.351 e. The van der Waals surface area contributed by atoms with E-state index in [0.717, 1.165) is 38.0 Å². The summed E-state index contributed by atoms with van der Waals surface area (Å²) < 4.78 is 1.80. The lowest BCUT2D eigenvalue weighted by atomic mass is 9.94. The third-order valence-electron chi connectivity index (χ3n) is 4.22. The molecule has 0 saturated carbocycles. The first-order chi connectivity index (χ1) is 10.7. The summed E-state index contributed by atoms with van der Waals surface area (Å²) in [6.07, 6.45) is 2.82. The number of hydrogen-bond acceptors (Lipinski definition) is 3. The molecule has 0 aliphatic carbocycles. The molecule has 2 aliphatic rings. The summed E-state index contributed by atoms with van der Waals surface area (Å²) in [5, 5.41) is 7.48. The SMILES string of the molecule is CC#CC(=O)N1CCCC(c2cc3n(n2)CCCNC3=O)C1. The number of fused-ring (bicyclic) bond motifs is 1. The summed E-state index contributed by atoms with van der Waals surface area (Å²) in [5.41, 5.74) is 1.54. The quantitative estimate of drug-likeness (QED) is 0.778. The Kier molecular flexibility index (Phi) is 4.14. The van der Waals surface area contributed by atoms with Crippen molar-refractivity contribution in [3.63, 3.8) is 0 Å². The molecule has 1 atom stereocenters. The lowest BCUT2D eigenvalue weighted by molar-refractivity contribution is -0.126. The molecule has 0 bridgehead atoms. The minimum atomic E-state index is -0.120. The van der Waals surface area contributed by atoms with Gasteiger partial charge in [0.15, 0.2) is 0 Å². The van der Waals surface area contributed by atoms with Gasteiger partial charge < -0.3 is 10.2 Å². The van der Waals surface area contributed by atoms with Gasteiger partial charge in [0.2, 0.25) is 0 Å². The largest absolute Gasteiger partial charge is 0.351 e. The highest BCUT2D eigenvalue weighted by molar-refractivity contribution is 5.94. The van der Waals surface area contributed by atoms with Gasteiger partial charge in [0.25, 0.3) is 11.8 Å². The smallest absolute Gasteiger partial charge is 0.298 e. The maximum Gasteiger partial charge on any atom is 0.298 e. The van der Waals surface area contributed by atoms with E-state index in [1.54, 1.807) is 16.5 Å². The molecule has 0 spiro atoms. The number of nitrogens with one attached hydrogen (secondary N) is 1. The summed E-state index contributed by atoms with van der Waals surface area (Å²) in [6, 6.07) is 1.88. The Balaban J connectivity index is 1.79. The molecule has 1 fully saturated rings. The Labute approximate surface area is 129 Å². The third kappa shape index (κ3) is 2.84. The fraction of sp³-hybridized carbons (Fsp3) is 0.562. The van der Waals surface area contributed by atoms with Crippen molar-refractivity contribution in [3.05, 3.63) is 17.5 Å². The second-order valence-electron chi connectivity index (χ2n) is 5.75. The van der Waals surface area contributed by atoms with Crippen molar-refractivity contribution in [2.45, 2.75) is 38.6 Å². The highest BCUT2D eigenvalue weighted by atomic mass is 16.2. The number of carbonyl (C=O) groups is 2. The molecular weight excluding hydrogens is 280 g/mol. The van der Waals surface area contributed by atoms with Crippen LogP contribution >= 0.6 is 0 Å². The minimum absolute atomic E-state index is 0.0585. The first-order valence-corrected chi connectivity index (χ1v) is 7.76. The van der Waals surface area contributed by atoms with E-state index in [4.69, 9.17) is 0 Å². The summed E-state index contributed by atoms with van der Waals surface area (Å²) >= 11 is 0. The van der Waals surface area contributed by atoms with Crippen LogP contribution in [0.5, 0.6) is 0 Å². The molecule has 1 aromatic rings. The molecule has 6 heteroatoms. The number of aromatic nitrogens is 2. The Morgan fingerprint density at radius 1 is 1.41 bits per heavy atom. The number of hydrogen-bond donors (Lipinski definition) is 1. The molecule has 1 unspecified atom stereocenters. The number of carbonyl (C=O) groups excluding carboxylic acids is 2. The standard InChI is InChI=1S/C16H20N4O2/c1-2-5-15(21)19-8-3-6-12(11-19)13-10-14-16(22)17-7-4-9-20(14)18-13/h10,12H,3-4,6-9,11H2,1H3,(H,17,22). The lowest BCUT2D eigenvalue weighted by Gasteiger charge is -2.30. The zero-order valence-electron chi connectivity index (χ0n) is 12.8. The molecule has 3 rings (SSSR count). The highest BCUT2D eigenvalue weighted by Gasteiger charge is 2.28. The molecule has 1 saturated heterocycles. The van der Waals surface area contributed by atoms with Crippen molar-refractivity contribution < 1.29 is 9.59 Å². The van der Waals surface area contributed by atoms with Gasteiger partial charge in [-0.15, -0.1) is 0 Å². The number of rotatable bonds is 1. The van der Waals surface area contributed by atoms with E-state index in [9.17, 15) is 9.59 Å². The van der Waals surface area contributed by atoms with Gasteiger partial charge in [-0.25, -0.2) is 0 Å². The van der Waals surface area contributed by atoms with Crippen molar-refractivity contribution in [2.75, 3.05) is 19.6 Å². The van der Waals surface area contributed by atoms with Crippen molar-refractivity contribution in [3.8, 4) is 11.8 Å². The number of likely N-dealkylation sites (tertiary alicyclic amines) is 1. The average Bonchev–Trinajstić information content (AvgIpc) is 2.89. The second-order valence-corrected chi connectivity index (χ2v) is 5.75. The lowest BCUT2D eigenvalue weighted by Crippen LogP contribution is -2.38. The van der Waals surface area contributed by atoms with Gasteiger partial charge in [0.05, 0.1) is 5.69 Å². The Hall–Kier alpha value is -2.29. The summed E-state index contributed by atoms with van der Waals surface area (Å²) in [7, 11) is 0. The number of nitrogens with zero attached hydrogens (tertiary/aromatic N) is 3. The van der Waals surface area contributed by atoms with Gasteiger partial charge in [0, 0.05) is 32.1 Å². The molecule has 0 aromatic carbocycles. The van der Waals surface area contributed by atoms with E-state index < -0.39 is 0 Å². The van der Waals surface area contributed by atoms with Crippen LogP contribution in [0.4, 0.5) is 0 Å². The third-order valence-corrected chi connectivity index (χ3v) is 4.22. The van der Waals surface area contributed by atoms with Crippen LogP contribution in [0.1, 0.15) is 48.3 Å². The zero-order valence-corrected chi connectivity index (χ0v) is 12.8. The van der Waals surface area contributed by atoms with E-state index in [0.29, 0.717) is 18.8 Å². The molecule has 0 radical (unpaired) electrons. The Morgan fingerprint density at radius 2 is 2.27 bits per heavy atom. The predicted octanol–water partition coefficient (Wildman–Crippen LogP) is 0.746. The van der Waals surface area contributed by atoms with Crippen molar-refractivity contribution in [1.82, 2.24) is 20.0 Å².